The van der Waals surface area contributed by atoms with Crippen LogP contribution in [0.3, 0.4) is 0 Å². The van der Waals surface area contributed by atoms with Crippen molar-refractivity contribution < 1.29 is 34.2 Å². The molecule has 0 aromatic heterocycles. The molecular formula is C19H35N5O7. The summed E-state index contributed by atoms with van der Waals surface area (Å²) in [7, 11) is 0. The van der Waals surface area contributed by atoms with Crippen LogP contribution in [0, 0.1) is 11.8 Å². The molecule has 4 amide bonds. The molecule has 6 unspecified atom stereocenters. The number of rotatable bonds is 13. The maximum Gasteiger partial charge on any atom is 0.328 e. The van der Waals surface area contributed by atoms with Gasteiger partial charge in [-0.25, -0.2) is 4.79 Å². The van der Waals surface area contributed by atoms with Crippen LogP contribution in [0.15, 0.2) is 0 Å². The molecule has 0 aliphatic heterocycles. The lowest BCUT2D eigenvalue weighted by atomic mass is 9.98. The third kappa shape index (κ3) is 9.30. The standard InChI is InChI=1S/C19H35N5O7/c1-6-9(4)13(21)17(28)22-11(7-12(20)26)16(27)23-14(8(2)3)18(29)24-15(10(5)25)19(30)31/h8-11,13-15,25H,6-7,21H2,1-5H3,(H2,20,26)(H,22,28)(H,23,27)(H,24,29)(H,30,31). The number of primary amides is 1. The zero-order valence-electron chi connectivity index (χ0n) is 18.5. The van der Waals surface area contributed by atoms with Crippen molar-refractivity contribution in [2.75, 3.05) is 0 Å². The van der Waals surface area contributed by atoms with E-state index in [9.17, 15) is 29.1 Å². The Bertz CT molecular complexity index is 668. The Hall–Kier alpha value is -2.73. The lowest BCUT2D eigenvalue weighted by molar-refractivity contribution is -0.145. The Balaban J connectivity index is 5.48. The van der Waals surface area contributed by atoms with Crippen molar-refractivity contribution in [2.24, 2.45) is 23.3 Å². The number of carbonyl (C=O) groups excluding carboxylic acids is 4. The molecule has 0 aliphatic carbocycles. The molecule has 0 heterocycles. The van der Waals surface area contributed by atoms with Crippen LogP contribution in [-0.4, -0.2) is 70.1 Å². The number of nitrogens with one attached hydrogen (secondary N) is 3. The fourth-order valence-electron chi connectivity index (χ4n) is 2.61. The fraction of sp³-hybridized carbons (Fsp3) is 0.737. The van der Waals surface area contributed by atoms with E-state index in [2.05, 4.69) is 16.0 Å². The zero-order valence-corrected chi connectivity index (χ0v) is 18.5. The van der Waals surface area contributed by atoms with E-state index in [0.29, 0.717) is 6.42 Å². The minimum Gasteiger partial charge on any atom is -0.480 e. The number of carboxylic acid groups (broad SMARTS) is 1. The summed E-state index contributed by atoms with van der Waals surface area (Å²) in [5.74, 6) is -5.34. The molecule has 12 nitrogen and oxygen atoms in total. The van der Waals surface area contributed by atoms with E-state index < -0.39 is 72.2 Å². The molecule has 0 saturated carbocycles. The van der Waals surface area contributed by atoms with Gasteiger partial charge in [0.2, 0.25) is 23.6 Å². The molecule has 0 radical (unpaired) electrons. The van der Waals surface area contributed by atoms with Crippen LogP contribution in [0.2, 0.25) is 0 Å². The van der Waals surface area contributed by atoms with E-state index in [1.165, 1.54) is 6.92 Å². The lowest BCUT2D eigenvalue weighted by Crippen LogP contribution is -2.60. The van der Waals surface area contributed by atoms with Crippen molar-refractivity contribution in [3.05, 3.63) is 0 Å². The third-order valence-corrected chi connectivity index (χ3v) is 4.89. The molecule has 0 aromatic carbocycles. The maximum atomic E-state index is 12.7. The Morgan fingerprint density at radius 3 is 1.77 bits per heavy atom. The topological polar surface area (TPSA) is 214 Å². The lowest BCUT2D eigenvalue weighted by Gasteiger charge is -2.27. The normalized spacial score (nSPS) is 16.9. The van der Waals surface area contributed by atoms with Crippen LogP contribution in [0.4, 0.5) is 0 Å². The summed E-state index contributed by atoms with van der Waals surface area (Å²) >= 11 is 0. The quantitative estimate of drug-likeness (QED) is 0.165. The Labute approximate surface area is 181 Å². The van der Waals surface area contributed by atoms with Crippen molar-refractivity contribution in [3.63, 3.8) is 0 Å². The van der Waals surface area contributed by atoms with Crippen molar-refractivity contribution >= 4 is 29.6 Å². The molecule has 0 rings (SSSR count). The minimum atomic E-state index is -1.58. The monoisotopic (exact) mass is 445 g/mol. The number of aliphatic hydroxyl groups is 1. The molecule has 31 heavy (non-hydrogen) atoms. The molecule has 12 heteroatoms. The fourth-order valence-corrected chi connectivity index (χ4v) is 2.61. The van der Waals surface area contributed by atoms with Crippen molar-refractivity contribution in [2.45, 2.75) is 77.7 Å². The summed E-state index contributed by atoms with van der Waals surface area (Å²) in [5.41, 5.74) is 11.0. The highest BCUT2D eigenvalue weighted by Gasteiger charge is 2.34. The molecule has 0 fully saturated rings. The van der Waals surface area contributed by atoms with Gasteiger partial charge in [-0.2, -0.15) is 0 Å². The van der Waals surface area contributed by atoms with Gasteiger partial charge in [0.15, 0.2) is 6.04 Å². The average molecular weight is 446 g/mol. The van der Waals surface area contributed by atoms with Gasteiger partial charge in [0, 0.05) is 0 Å². The number of aliphatic hydroxyl groups excluding tert-OH is 1. The van der Waals surface area contributed by atoms with Crippen LogP contribution in [0.25, 0.3) is 0 Å². The maximum absolute atomic E-state index is 12.7. The number of amides is 4. The molecule has 178 valence electrons. The second kappa shape index (κ2) is 12.8. The van der Waals surface area contributed by atoms with Crippen molar-refractivity contribution in [1.29, 1.82) is 0 Å². The number of hydrogen-bond donors (Lipinski definition) is 7. The second-order valence-electron chi connectivity index (χ2n) is 7.94. The van der Waals surface area contributed by atoms with E-state index in [4.69, 9.17) is 16.6 Å². The number of carbonyl (C=O) groups is 5. The highest BCUT2D eigenvalue weighted by Crippen LogP contribution is 2.08. The first-order chi connectivity index (χ1) is 14.2. The molecule has 0 aliphatic rings. The summed E-state index contributed by atoms with van der Waals surface area (Å²) in [6.45, 7) is 8.00. The molecule has 0 bridgehead atoms. The summed E-state index contributed by atoms with van der Waals surface area (Å²) < 4.78 is 0. The van der Waals surface area contributed by atoms with Gasteiger partial charge in [0.05, 0.1) is 18.6 Å². The predicted molar refractivity (Wildman–Crippen MR) is 111 cm³/mol. The molecule has 0 saturated heterocycles. The first-order valence-corrected chi connectivity index (χ1v) is 10.1. The van der Waals surface area contributed by atoms with Gasteiger partial charge < -0.3 is 37.6 Å². The van der Waals surface area contributed by atoms with Crippen LogP contribution in [0.5, 0.6) is 0 Å². The summed E-state index contributed by atoms with van der Waals surface area (Å²) in [4.78, 5) is 60.2. The number of nitrogens with two attached hydrogens (primary N) is 2. The number of hydrogen-bond acceptors (Lipinski definition) is 7. The van der Waals surface area contributed by atoms with E-state index in [1.54, 1.807) is 20.8 Å². The van der Waals surface area contributed by atoms with Gasteiger partial charge in [-0.15, -0.1) is 0 Å². The minimum absolute atomic E-state index is 0.181. The Morgan fingerprint density at radius 1 is 0.871 bits per heavy atom. The third-order valence-electron chi connectivity index (χ3n) is 4.89. The van der Waals surface area contributed by atoms with Gasteiger partial charge >= 0.3 is 5.97 Å². The zero-order chi connectivity index (χ0) is 24.5. The van der Waals surface area contributed by atoms with Crippen LogP contribution >= 0.6 is 0 Å². The van der Waals surface area contributed by atoms with Crippen molar-refractivity contribution in [3.8, 4) is 0 Å². The Kier molecular flexibility index (Phi) is 11.7. The van der Waals surface area contributed by atoms with Gasteiger partial charge in [-0.3, -0.25) is 19.2 Å². The summed E-state index contributed by atoms with van der Waals surface area (Å²) in [6.07, 6.45) is -1.29. The molecule has 6 atom stereocenters. The highest BCUT2D eigenvalue weighted by molar-refractivity contribution is 5.96. The first kappa shape index (κ1) is 28.3. The average Bonchev–Trinajstić information content (AvgIpc) is 2.66. The highest BCUT2D eigenvalue weighted by atomic mass is 16.4. The van der Waals surface area contributed by atoms with Crippen LogP contribution in [-0.2, 0) is 24.0 Å². The van der Waals surface area contributed by atoms with Crippen LogP contribution in [0.1, 0.15) is 47.5 Å². The van der Waals surface area contributed by atoms with Gasteiger partial charge in [0.1, 0.15) is 12.1 Å². The molecule has 0 spiro atoms. The summed E-state index contributed by atoms with van der Waals surface area (Å²) in [6, 6.07) is -5.08. The van der Waals surface area contributed by atoms with Gasteiger partial charge in [-0.05, 0) is 18.8 Å². The Morgan fingerprint density at radius 2 is 1.39 bits per heavy atom. The van der Waals surface area contributed by atoms with E-state index >= 15 is 0 Å². The van der Waals surface area contributed by atoms with E-state index in [1.807, 2.05) is 6.92 Å². The van der Waals surface area contributed by atoms with Crippen molar-refractivity contribution in [1.82, 2.24) is 16.0 Å². The number of carboxylic acids is 1. The van der Waals surface area contributed by atoms with E-state index in [0.717, 1.165) is 0 Å². The van der Waals surface area contributed by atoms with Gasteiger partial charge in [-0.1, -0.05) is 34.1 Å². The molecule has 9 N–H and O–H groups in total. The van der Waals surface area contributed by atoms with Gasteiger partial charge in [0.25, 0.3) is 0 Å². The first-order valence-electron chi connectivity index (χ1n) is 10.1. The predicted octanol–water partition coefficient (Wildman–Crippen LogP) is -2.19. The van der Waals surface area contributed by atoms with E-state index in [-0.39, 0.29) is 5.92 Å². The smallest absolute Gasteiger partial charge is 0.328 e. The largest absolute Gasteiger partial charge is 0.480 e. The second-order valence-corrected chi connectivity index (χ2v) is 7.94. The molecule has 0 aromatic rings. The van der Waals surface area contributed by atoms with Crippen LogP contribution < -0.4 is 27.4 Å². The summed E-state index contributed by atoms with van der Waals surface area (Å²) in [5, 5.41) is 25.6. The number of aliphatic carboxylic acids is 1. The SMILES string of the molecule is CCC(C)C(N)C(=O)NC(CC(N)=O)C(=O)NC(C(=O)NC(C(=O)O)C(C)O)C(C)C. The molecular weight excluding hydrogens is 410 g/mol.